The number of nitrogens with zero attached hydrogens (tertiary/aromatic N) is 3. The summed E-state index contributed by atoms with van der Waals surface area (Å²) in [7, 11) is 0. The van der Waals surface area contributed by atoms with Gasteiger partial charge in [-0.25, -0.2) is 0 Å². The Hall–Kier alpha value is -0.430. The lowest BCUT2D eigenvalue weighted by Crippen LogP contribution is -2.42. The molecule has 96 valence electrons. The summed E-state index contributed by atoms with van der Waals surface area (Å²) in [5.74, 6) is 0. The van der Waals surface area contributed by atoms with Crippen LogP contribution in [0.1, 0.15) is 5.69 Å². The third-order valence-corrected chi connectivity index (χ3v) is 3.64. The van der Waals surface area contributed by atoms with Crippen LogP contribution >= 0.6 is 15.9 Å². The molecule has 17 heavy (non-hydrogen) atoms. The van der Waals surface area contributed by atoms with E-state index in [4.69, 9.17) is 4.74 Å². The number of aromatic nitrogens is 2. The minimum atomic E-state index is -0.390. The second-order valence-electron chi connectivity index (χ2n) is 4.35. The van der Waals surface area contributed by atoms with Crippen molar-refractivity contribution in [3.63, 3.8) is 0 Å². The van der Waals surface area contributed by atoms with Crippen molar-refractivity contribution in [2.24, 2.45) is 0 Å². The van der Waals surface area contributed by atoms with Gasteiger partial charge in [-0.3, -0.25) is 9.58 Å². The molecule has 1 fully saturated rings. The SMILES string of the molecule is Cc1nn(CC(O)CN2CCOCC2)cc1Br. The van der Waals surface area contributed by atoms with Crippen LogP contribution in [0, 0.1) is 6.92 Å². The largest absolute Gasteiger partial charge is 0.390 e. The molecule has 2 rings (SSSR count). The molecule has 0 bridgehead atoms. The van der Waals surface area contributed by atoms with Gasteiger partial charge in [0, 0.05) is 25.8 Å². The van der Waals surface area contributed by atoms with E-state index in [0.29, 0.717) is 13.1 Å². The molecule has 1 N–H and O–H groups in total. The molecular formula is C11H18BrN3O2. The van der Waals surface area contributed by atoms with E-state index in [1.807, 2.05) is 13.1 Å². The predicted molar refractivity (Wildman–Crippen MR) is 67.9 cm³/mol. The lowest BCUT2D eigenvalue weighted by molar-refractivity contribution is 0.0108. The van der Waals surface area contributed by atoms with E-state index >= 15 is 0 Å². The molecule has 1 aliphatic rings. The first-order chi connectivity index (χ1) is 8.15. The number of hydrogen-bond acceptors (Lipinski definition) is 4. The van der Waals surface area contributed by atoms with Crippen LogP contribution in [0.4, 0.5) is 0 Å². The Kier molecular flexibility index (Phi) is 4.55. The van der Waals surface area contributed by atoms with Gasteiger partial charge in [0.05, 0.1) is 36.0 Å². The van der Waals surface area contributed by atoms with Crippen LogP contribution < -0.4 is 0 Å². The lowest BCUT2D eigenvalue weighted by Gasteiger charge is -2.28. The molecule has 5 nitrogen and oxygen atoms in total. The van der Waals surface area contributed by atoms with Gasteiger partial charge in [0.2, 0.25) is 0 Å². The molecular weight excluding hydrogens is 286 g/mol. The van der Waals surface area contributed by atoms with Crippen LogP contribution in [0.3, 0.4) is 0 Å². The maximum atomic E-state index is 10.00. The Morgan fingerprint density at radius 3 is 2.76 bits per heavy atom. The molecule has 0 aromatic carbocycles. The first kappa shape index (κ1) is 13.0. The zero-order valence-electron chi connectivity index (χ0n) is 9.97. The molecule has 6 heteroatoms. The molecule has 0 saturated carbocycles. The van der Waals surface area contributed by atoms with Crippen molar-refractivity contribution in [1.82, 2.24) is 14.7 Å². The van der Waals surface area contributed by atoms with Crippen molar-refractivity contribution in [2.75, 3.05) is 32.8 Å². The number of aryl methyl sites for hydroxylation is 1. The highest BCUT2D eigenvalue weighted by Gasteiger charge is 2.15. The summed E-state index contributed by atoms with van der Waals surface area (Å²) in [6, 6.07) is 0. The van der Waals surface area contributed by atoms with Crippen molar-refractivity contribution in [2.45, 2.75) is 19.6 Å². The Morgan fingerprint density at radius 1 is 1.47 bits per heavy atom. The lowest BCUT2D eigenvalue weighted by atomic mass is 10.3. The van der Waals surface area contributed by atoms with Crippen molar-refractivity contribution in [3.8, 4) is 0 Å². The summed E-state index contributed by atoms with van der Waals surface area (Å²) >= 11 is 3.41. The maximum absolute atomic E-state index is 10.00. The number of halogens is 1. The number of β-amino-alcohol motifs (C(OH)–C–C–N with tert-alkyl or cyclic N) is 1. The average molecular weight is 304 g/mol. The molecule has 1 aromatic rings. The van der Waals surface area contributed by atoms with Gasteiger partial charge in [-0.1, -0.05) is 0 Å². The van der Waals surface area contributed by atoms with Crippen LogP contribution in [0.15, 0.2) is 10.7 Å². The molecule has 1 aliphatic heterocycles. The monoisotopic (exact) mass is 303 g/mol. The zero-order valence-corrected chi connectivity index (χ0v) is 11.6. The molecule has 1 atom stereocenters. The van der Waals surface area contributed by atoms with Gasteiger partial charge in [-0.15, -0.1) is 0 Å². The third kappa shape index (κ3) is 3.77. The van der Waals surface area contributed by atoms with E-state index in [1.54, 1.807) is 4.68 Å². The molecule has 2 heterocycles. The van der Waals surface area contributed by atoms with Gasteiger partial charge < -0.3 is 9.84 Å². The molecule has 0 spiro atoms. The topological polar surface area (TPSA) is 50.5 Å². The first-order valence-corrected chi connectivity index (χ1v) is 6.62. The molecule has 0 aliphatic carbocycles. The fourth-order valence-corrected chi connectivity index (χ4v) is 2.26. The van der Waals surface area contributed by atoms with Gasteiger partial charge in [0.25, 0.3) is 0 Å². The fraction of sp³-hybridized carbons (Fsp3) is 0.727. The van der Waals surface area contributed by atoms with Crippen LogP contribution in [0.25, 0.3) is 0 Å². The predicted octanol–water partition coefficient (Wildman–Crippen LogP) is 0.647. The number of aliphatic hydroxyl groups excluding tert-OH is 1. The number of ether oxygens (including phenoxy) is 1. The first-order valence-electron chi connectivity index (χ1n) is 5.83. The van der Waals surface area contributed by atoms with Crippen LogP contribution in [-0.4, -0.2) is 58.7 Å². The average Bonchev–Trinajstić information content (AvgIpc) is 2.59. The molecule has 0 amide bonds. The van der Waals surface area contributed by atoms with Gasteiger partial charge in [-0.05, 0) is 22.9 Å². The summed E-state index contributed by atoms with van der Waals surface area (Å²) < 4.78 is 8.04. The minimum Gasteiger partial charge on any atom is -0.390 e. The van der Waals surface area contributed by atoms with Gasteiger partial charge in [0.1, 0.15) is 0 Å². The van der Waals surface area contributed by atoms with Crippen molar-refractivity contribution in [3.05, 3.63) is 16.4 Å². The summed E-state index contributed by atoms with van der Waals surface area (Å²) in [6.45, 7) is 6.48. The van der Waals surface area contributed by atoms with Gasteiger partial charge in [0.15, 0.2) is 0 Å². The summed E-state index contributed by atoms with van der Waals surface area (Å²) in [5.41, 5.74) is 0.948. The number of rotatable bonds is 4. The van der Waals surface area contributed by atoms with E-state index in [0.717, 1.165) is 36.5 Å². The molecule has 0 radical (unpaired) electrons. The normalized spacial score (nSPS) is 19.5. The van der Waals surface area contributed by atoms with Gasteiger partial charge >= 0.3 is 0 Å². The Morgan fingerprint density at radius 2 is 2.18 bits per heavy atom. The number of hydrogen-bond donors (Lipinski definition) is 1. The van der Waals surface area contributed by atoms with Crippen molar-refractivity contribution < 1.29 is 9.84 Å². The summed E-state index contributed by atoms with van der Waals surface area (Å²) in [4.78, 5) is 2.22. The van der Waals surface area contributed by atoms with E-state index in [2.05, 4.69) is 25.9 Å². The van der Waals surface area contributed by atoms with E-state index in [-0.39, 0.29) is 6.10 Å². The second kappa shape index (κ2) is 5.95. The van der Waals surface area contributed by atoms with E-state index in [1.165, 1.54) is 0 Å². The molecule has 1 aromatic heterocycles. The molecule has 1 unspecified atom stereocenters. The smallest absolute Gasteiger partial charge is 0.0862 e. The third-order valence-electron chi connectivity index (χ3n) is 2.86. The summed E-state index contributed by atoms with van der Waals surface area (Å²) in [5, 5.41) is 14.3. The highest BCUT2D eigenvalue weighted by molar-refractivity contribution is 9.10. The zero-order chi connectivity index (χ0) is 12.3. The van der Waals surface area contributed by atoms with Crippen LogP contribution in [-0.2, 0) is 11.3 Å². The highest BCUT2D eigenvalue weighted by atomic mass is 79.9. The Bertz CT molecular complexity index is 344. The van der Waals surface area contributed by atoms with E-state index in [9.17, 15) is 5.11 Å². The molecule has 1 saturated heterocycles. The Balaban J connectivity index is 1.81. The van der Waals surface area contributed by atoms with Gasteiger partial charge in [-0.2, -0.15) is 5.10 Å². The number of morpholine rings is 1. The standard InChI is InChI=1S/C11H18BrN3O2/c1-9-11(12)8-15(13-9)7-10(16)6-14-2-4-17-5-3-14/h8,10,16H,2-7H2,1H3. The van der Waals surface area contributed by atoms with E-state index < -0.39 is 0 Å². The van der Waals surface area contributed by atoms with Crippen LogP contribution in [0.5, 0.6) is 0 Å². The highest BCUT2D eigenvalue weighted by Crippen LogP contribution is 2.13. The van der Waals surface area contributed by atoms with Crippen molar-refractivity contribution in [1.29, 1.82) is 0 Å². The van der Waals surface area contributed by atoms with Crippen molar-refractivity contribution >= 4 is 15.9 Å². The second-order valence-corrected chi connectivity index (χ2v) is 5.21. The fourth-order valence-electron chi connectivity index (χ4n) is 1.94. The van der Waals surface area contributed by atoms with Crippen LogP contribution in [0.2, 0.25) is 0 Å². The summed E-state index contributed by atoms with van der Waals surface area (Å²) in [6.07, 6.45) is 1.51. The Labute approximate surface area is 109 Å². The quantitative estimate of drug-likeness (QED) is 0.887. The minimum absolute atomic E-state index is 0.390. The number of aliphatic hydroxyl groups is 1. The maximum Gasteiger partial charge on any atom is 0.0862 e.